The van der Waals surface area contributed by atoms with Crippen LogP contribution in [0.2, 0.25) is 20.1 Å². The molecule has 50 heavy (non-hydrogen) atoms. The normalized spacial score (nSPS) is 11.1. The topological polar surface area (TPSA) is 153 Å². The molecule has 0 saturated carbocycles. The molecule has 0 spiro atoms. The Morgan fingerprint density at radius 2 is 1.20 bits per heavy atom. The summed E-state index contributed by atoms with van der Waals surface area (Å²) in [5, 5.41) is 22.5. The fourth-order valence-electron chi connectivity index (χ4n) is 4.36. The first-order valence-electron chi connectivity index (χ1n) is 13.5. The zero-order chi connectivity index (χ0) is 36.1. The first-order valence-corrected chi connectivity index (χ1v) is 18.7. The molecule has 0 saturated heterocycles. The Hall–Kier alpha value is -4.04. The van der Waals surface area contributed by atoms with Gasteiger partial charge < -0.3 is 0 Å². The Kier molecular flexibility index (Phi) is 13.6. The summed E-state index contributed by atoms with van der Waals surface area (Å²) >= 11 is 23.8. The summed E-state index contributed by atoms with van der Waals surface area (Å²) in [6, 6.07) is 19.5. The van der Waals surface area contributed by atoms with Crippen molar-refractivity contribution in [1.29, 1.82) is 5.26 Å². The average Bonchev–Trinajstić information content (AvgIpc) is 3.54. The van der Waals surface area contributed by atoms with Gasteiger partial charge in [-0.05, 0) is 59.7 Å². The van der Waals surface area contributed by atoms with Gasteiger partial charge in [0.15, 0.2) is 5.82 Å². The number of halogens is 6. The number of sulfonamides is 2. The number of anilines is 2. The number of tetrazole rings is 1. The number of aromatic nitrogens is 4. The number of aromatic amines is 1. The maximum absolute atomic E-state index is 13.7. The summed E-state index contributed by atoms with van der Waals surface area (Å²) in [5.74, 6) is -0.943. The number of H-pyrrole nitrogens is 1. The molecular weight excluding hydrogens is 778 g/mol. The van der Waals surface area contributed by atoms with Crippen LogP contribution >= 0.6 is 46.4 Å². The highest BCUT2D eigenvalue weighted by molar-refractivity contribution is 7.92. The standard InChI is InChI=1S/C15H12Cl2FN5O2S.C15H11Cl2FN2O2S.CH4.H2/c1-26(24,25)23(8-15-19-21-22-20-15)10-3-4-11(13(17)7-10)9-2-5-12(16)14(18)6-9;1-23(21,22)20(7-6-19)11-3-4-12(14(17)9-11)10-2-5-13(16)15(18)8-10;;/h2-7H,8H2,1H3,(H,19,20,21,22);2-5,8-9H,7H2,1H3;1H4;1H. The second-order valence-corrected chi connectivity index (χ2v) is 15.6. The minimum Gasteiger partial charge on any atom is -0.263 e. The van der Waals surface area contributed by atoms with Crippen LogP contribution in [0.25, 0.3) is 22.3 Å². The SMILES string of the molecule is C.CS(=O)(=O)N(CC#N)c1ccc(-c2ccc(Cl)c(F)c2)c(Cl)c1.CS(=O)(=O)N(Cc1nn[nH]n1)c1ccc(-c2ccc(Cl)c(F)c2)c(Cl)c1.[HH]. The number of rotatable bonds is 9. The summed E-state index contributed by atoms with van der Waals surface area (Å²) in [7, 11) is -7.24. The van der Waals surface area contributed by atoms with Crippen LogP contribution in [0, 0.1) is 23.0 Å². The Balaban J connectivity index is 0.000000343. The largest absolute Gasteiger partial charge is 0.263 e. The van der Waals surface area contributed by atoms with Crippen molar-refractivity contribution in [3.63, 3.8) is 0 Å². The lowest BCUT2D eigenvalue weighted by molar-refractivity contribution is 0.594. The maximum atomic E-state index is 13.7. The molecule has 1 aromatic heterocycles. The van der Waals surface area contributed by atoms with Crippen LogP contribution in [-0.4, -0.2) is 56.5 Å². The summed E-state index contributed by atoms with van der Waals surface area (Å²) in [4.78, 5) is 0. The highest BCUT2D eigenvalue weighted by Crippen LogP contribution is 2.35. The Labute approximate surface area is 309 Å². The molecule has 1 heterocycles. The van der Waals surface area contributed by atoms with E-state index in [1.807, 2.05) is 0 Å². The second kappa shape index (κ2) is 16.8. The van der Waals surface area contributed by atoms with E-state index in [4.69, 9.17) is 51.7 Å². The highest BCUT2D eigenvalue weighted by atomic mass is 35.5. The summed E-state index contributed by atoms with van der Waals surface area (Å²) < 4.78 is 77.0. The van der Waals surface area contributed by atoms with Gasteiger partial charge in [0.05, 0.1) is 56.6 Å². The minimum absolute atomic E-state index is 0. The summed E-state index contributed by atoms with van der Waals surface area (Å²) in [5.41, 5.74) is 2.68. The van der Waals surface area contributed by atoms with Crippen molar-refractivity contribution in [3.8, 4) is 28.3 Å². The van der Waals surface area contributed by atoms with Gasteiger partial charge in [-0.3, -0.25) is 8.61 Å². The fourth-order valence-corrected chi connectivity index (χ4v) is 6.79. The van der Waals surface area contributed by atoms with Gasteiger partial charge in [0.2, 0.25) is 20.0 Å². The van der Waals surface area contributed by atoms with Crippen LogP contribution in [0.1, 0.15) is 14.7 Å². The zero-order valence-electron chi connectivity index (χ0n) is 25.2. The molecular formula is C31H29Cl4F2N7O4S2. The van der Waals surface area contributed by atoms with Crippen molar-refractivity contribution in [3.05, 3.63) is 110 Å². The van der Waals surface area contributed by atoms with Gasteiger partial charge in [-0.1, -0.05) is 83.3 Å². The van der Waals surface area contributed by atoms with E-state index in [2.05, 4.69) is 20.6 Å². The molecule has 0 aliphatic heterocycles. The third-order valence-electron chi connectivity index (χ3n) is 6.63. The number of hydrogen-bond acceptors (Lipinski definition) is 8. The Bertz CT molecular complexity index is 2260. The molecule has 0 aliphatic rings. The molecule has 266 valence electrons. The number of nitrogens with zero attached hydrogens (tertiary/aromatic N) is 6. The third-order valence-corrected chi connectivity index (χ3v) is 10.2. The van der Waals surface area contributed by atoms with Gasteiger partial charge in [0.1, 0.15) is 18.2 Å². The quantitative estimate of drug-likeness (QED) is 0.146. The van der Waals surface area contributed by atoms with E-state index in [0.717, 1.165) is 21.1 Å². The van der Waals surface area contributed by atoms with E-state index < -0.39 is 31.7 Å². The van der Waals surface area contributed by atoms with Crippen LogP contribution in [0.4, 0.5) is 20.2 Å². The number of hydrogen-bond donors (Lipinski definition) is 1. The van der Waals surface area contributed by atoms with E-state index in [1.165, 1.54) is 42.5 Å². The lowest BCUT2D eigenvalue weighted by Gasteiger charge is -2.21. The fraction of sp³-hybridized carbons (Fsp3) is 0.161. The number of benzene rings is 4. The van der Waals surface area contributed by atoms with Crippen molar-refractivity contribution >= 4 is 77.8 Å². The van der Waals surface area contributed by atoms with Crippen LogP contribution in [0.15, 0.2) is 72.8 Å². The summed E-state index contributed by atoms with van der Waals surface area (Å²) in [6.45, 7) is -0.440. The van der Waals surface area contributed by atoms with Gasteiger partial charge in [0, 0.05) is 12.6 Å². The first-order chi connectivity index (χ1) is 23.0. The van der Waals surface area contributed by atoms with E-state index in [9.17, 15) is 25.6 Å². The molecule has 11 nitrogen and oxygen atoms in total. The predicted octanol–water partition coefficient (Wildman–Crippen LogP) is 8.25. The average molecular weight is 808 g/mol. The molecule has 0 radical (unpaired) electrons. The van der Waals surface area contributed by atoms with Crippen LogP contribution in [-0.2, 0) is 26.6 Å². The molecule has 5 aromatic rings. The van der Waals surface area contributed by atoms with Gasteiger partial charge in [-0.2, -0.15) is 10.5 Å². The molecule has 0 atom stereocenters. The molecule has 19 heteroatoms. The molecule has 0 fully saturated rings. The van der Waals surface area contributed by atoms with E-state index in [0.29, 0.717) is 27.9 Å². The van der Waals surface area contributed by atoms with Gasteiger partial charge >= 0.3 is 0 Å². The predicted molar refractivity (Wildman–Crippen MR) is 196 cm³/mol. The van der Waals surface area contributed by atoms with Crippen molar-refractivity contribution in [2.75, 3.05) is 27.7 Å². The van der Waals surface area contributed by atoms with Crippen molar-refractivity contribution in [2.45, 2.75) is 14.0 Å². The Morgan fingerprint density at radius 1 is 0.740 bits per heavy atom. The first kappa shape index (κ1) is 40.4. The molecule has 0 unspecified atom stereocenters. The molecule has 0 amide bonds. The van der Waals surface area contributed by atoms with Crippen LogP contribution in [0.5, 0.6) is 0 Å². The van der Waals surface area contributed by atoms with Crippen molar-refractivity contribution in [1.82, 2.24) is 20.6 Å². The van der Waals surface area contributed by atoms with Gasteiger partial charge in [0.25, 0.3) is 0 Å². The van der Waals surface area contributed by atoms with Crippen LogP contribution in [0.3, 0.4) is 0 Å². The Morgan fingerprint density at radius 3 is 1.56 bits per heavy atom. The lowest BCUT2D eigenvalue weighted by atomic mass is 10.1. The van der Waals surface area contributed by atoms with Crippen molar-refractivity contribution in [2.24, 2.45) is 0 Å². The molecule has 1 N–H and O–H groups in total. The third kappa shape index (κ3) is 10.0. The van der Waals surface area contributed by atoms with Crippen molar-refractivity contribution < 1.29 is 27.0 Å². The minimum atomic E-state index is -3.63. The smallest absolute Gasteiger partial charge is 0.233 e. The van der Waals surface area contributed by atoms with Gasteiger partial charge in [-0.15, -0.1) is 10.2 Å². The molecule has 5 rings (SSSR count). The van der Waals surface area contributed by atoms with E-state index in [-0.39, 0.29) is 53.5 Å². The molecule has 0 aliphatic carbocycles. The monoisotopic (exact) mass is 805 g/mol. The number of nitrogens with one attached hydrogen (secondary N) is 1. The van der Waals surface area contributed by atoms with E-state index in [1.54, 1.807) is 36.4 Å². The zero-order valence-corrected chi connectivity index (χ0v) is 29.9. The highest BCUT2D eigenvalue weighted by Gasteiger charge is 2.22. The van der Waals surface area contributed by atoms with Crippen LogP contribution < -0.4 is 8.61 Å². The van der Waals surface area contributed by atoms with Gasteiger partial charge in [-0.25, -0.2) is 25.6 Å². The number of nitriles is 1. The molecule has 4 aromatic carbocycles. The summed E-state index contributed by atoms with van der Waals surface area (Å²) in [6.07, 6.45) is 2.06. The van der Waals surface area contributed by atoms with E-state index >= 15 is 0 Å². The molecule has 0 bridgehead atoms. The lowest BCUT2D eigenvalue weighted by Crippen LogP contribution is -2.30. The second-order valence-electron chi connectivity index (χ2n) is 10.1. The maximum Gasteiger partial charge on any atom is 0.233 e.